The van der Waals surface area contributed by atoms with Crippen molar-refractivity contribution in [3.8, 4) is 6.07 Å². The highest BCUT2D eigenvalue weighted by Crippen LogP contribution is 2.41. The number of nitrogens with zero attached hydrogens (tertiary/aromatic N) is 2. The molecular formula is C26H28N4S2. The van der Waals surface area contributed by atoms with Crippen LogP contribution in [0.3, 0.4) is 0 Å². The molecule has 0 bridgehead atoms. The predicted octanol–water partition coefficient (Wildman–Crippen LogP) is 5.18. The largest absolute Gasteiger partial charge is 0.384 e. The summed E-state index contributed by atoms with van der Waals surface area (Å²) in [6.45, 7) is 4.79. The van der Waals surface area contributed by atoms with E-state index in [0.717, 1.165) is 30.9 Å². The third-order valence-electron chi connectivity index (χ3n) is 6.09. The summed E-state index contributed by atoms with van der Waals surface area (Å²) >= 11 is 3.46. The second-order valence-electron chi connectivity index (χ2n) is 7.92. The van der Waals surface area contributed by atoms with Gasteiger partial charge in [-0.05, 0) is 71.7 Å². The topological polar surface area (TPSA) is 65.1 Å². The Kier molecular flexibility index (Phi) is 7.00. The summed E-state index contributed by atoms with van der Waals surface area (Å²) in [5, 5.41) is 13.4. The van der Waals surface area contributed by atoms with Crippen LogP contribution < -0.4 is 11.1 Å². The van der Waals surface area contributed by atoms with Crippen molar-refractivity contribution in [3.63, 3.8) is 0 Å². The molecule has 4 rings (SSSR count). The second kappa shape index (κ2) is 9.91. The van der Waals surface area contributed by atoms with E-state index in [1.54, 1.807) is 23.5 Å². The van der Waals surface area contributed by atoms with Gasteiger partial charge in [0.1, 0.15) is 5.82 Å². The van der Waals surface area contributed by atoms with Crippen LogP contribution in [-0.4, -0.2) is 37.0 Å². The van der Waals surface area contributed by atoms with Gasteiger partial charge in [0.15, 0.2) is 0 Å². The highest BCUT2D eigenvalue weighted by atomic mass is 32.2. The zero-order chi connectivity index (χ0) is 22.7. The molecule has 1 atom stereocenters. The van der Waals surface area contributed by atoms with Gasteiger partial charge < -0.3 is 11.1 Å². The van der Waals surface area contributed by atoms with Crippen LogP contribution in [0, 0.1) is 11.3 Å². The number of allylic oxidation sites excluding steroid dienone is 1. The summed E-state index contributed by atoms with van der Waals surface area (Å²) in [4.78, 5) is 4.88. The van der Waals surface area contributed by atoms with Crippen LogP contribution in [-0.2, 0) is 0 Å². The van der Waals surface area contributed by atoms with E-state index in [-0.39, 0.29) is 5.92 Å². The molecule has 2 aromatic rings. The van der Waals surface area contributed by atoms with E-state index in [0.29, 0.717) is 11.4 Å². The molecule has 2 aliphatic rings. The number of hydrogen-bond acceptors (Lipinski definition) is 6. The highest BCUT2D eigenvalue weighted by molar-refractivity contribution is 7.98. The molecule has 0 radical (unpaired) electrons. The van der Waals surface area contributed by atoms with Gasteiger partial charge in [0.05, 0.1) is 11.6 Å². The maximum Gasteiger partial charge on any atom is 0.115 e. The number of hydrogen-bond donors (Lipinski definition) is 2. The monoisotopic (exact) mass is 460 g/mol. The van der Waals surface area contributed by atoms with E-state index in [1.165, 1.54) is 26.5 Å². The number of thioether (sulfide) groups is 2. The Labute approximate surface area is 199 Å². The standard InChI is InChI=1S/C26H28N4S2/c1-4-30-15-19(13-17-5-9-20(31-2)10-6-17)25-23(16-30)24(22(14-27)26(28)29-25)18-7-11-21(32-3)12-8-18/h5-13,24,29H,4,15-16,28H2,1-3H3/b19-13+/t24-/m0/s1. The van der Waals surface area contributed by atoms with Crippen LogP contribution in [0.25, 0.3) is 6.08 Å². The van der Waals surface area contributed by atoms with Crippen molar-refractivity contribution in [3.05, 3.63) is 87.9 Å². The smallest absolute Gasteiger partial charge is 0.115 e. The number of nitrogens with two attached hydrogens (primary N) is 1. The lowest BCUT2D eigenvalue weighted by atomic mass is 9.78. The fourth-order valence-corrected chi connectivity index (χ4v) is 5.18. The Morgan fingerprint density at radius 2 is 1.69 bits per heavy atom. The molecule has 0 amide bonds. The molecule has 0 spiro atoms. The molecule has 0 unspecified atom stereocenters. The Hall–Kier alpha value is -2.59. The molecule has 0 saturated carbocycles. The summed E-state index contributed by atoms with van der Waals surface area (Å²) in [5.41, 5.74) is 12.8. The van der Waals surface area contributed by atoms with Crippen molar-refractivity contribution in [2.45, 2.75) is 22.6 Å². The number of nitrogens with one attached hydrogen (secondary N) is 1. The molecule has 0 saturated heterocycles. The summed E-state index contributed by atoms with van der Waals surface area (Å²) in [5.74, 6) is 0.322. The fraction of sp³-hybridized carbons (Fsp3) is 0.269. The minimum atomic E-state index is -0.135. The summed E-state index contributed by atoms with van der Waals surface area (Å²) in [6.07, 6.45) is 6.40. The number of rotatable bonds is 5. The lowest BCUT2D eigenvalue weighted by molar-refractivity contribution is 0.320. The average Bonchev–Trinajstić information content (AvgIpc) is 2.84. The first-order valence-electron chi connectivity index (χ1n) is 10.7. The number of nitriles is 1. The lowest BCUT2D eigenvalue weighted by Crippen LogP contribution is -2.42. The van der Waals surface area contributed by atoms with Crippen LogP contribution in [0.4, 0.5) is 0 Å². The highest BCUT2D eigenvalue weighted by Gasteiger charge is 2.35. The second-order valence-corrected chi connectivity index (χ2v) is 9.68. The Morgan fingerprint density at radius 3 is 2.25 bits per heavy atom. The summed E-state index contributed by atoms with van der Waals surface area (Å²) in [6, 6.07) is 19.5. The van der Waals surface area contributed by atoms with E-state index >= 15 is 0 Å². The third kappa shape index (κ3) is 4.47. The molecule has 0 aliphatic carbocycles. The quantitative estimate of drug-likeness (QED) is 0.599. The zero-order valence-corrected chi connectivity index (χ0v) is 20.3. The van der Waals surface area contributed by atoms with Crippen LogP contribution >= 0.6 is 23.5 Å². The molecule has 0 aromatic heterocycles. The van der Waals surface area contributed by atoms with Gasteiger partial charge in [-0.3, -0.25) is 4.90 Å². The van der Waals surface area contributed by atoms with Gasteiger partial charge in [0.2, 0.25) is 0 Å². The first kappa shape index (κ1) is 22.6. The van der Waals surface area contributed by atoms with Gasteiger partial charge in [-0.2, -0.15) is 5.26 Å². The van der Waals surface area contributed by atoms with E-state index in [1.807, 2.05) is 0 Å². The molecule has 2 aliphatic heterocycles. The van der Waals surface area contributed by atoms with Crippen molar-refractivity contribution in [2.75, 3.05) is 32.1 Å². The van der Waals surface area contributed by atoms with Gasteiger partial charge >= 0.3 is 0 Å². The van der Waals surface area contributed by atoms with Crippen molar-refractivity contribution in [1.29, 1.82) is 5.26 Å². The Bertz CT molecular complexity index is 1120. The summed E-state index contributed by atoms with van der Waals surface area (Å²) < 4.78 is 0. The first-order valence-corrected chi connectivity index (χ1v) is 13.1. The van der Waals surface area contributed by atoms with E-state index < -0.39 is 0 Å². The minimum absolute atomic E-state index is 0.135. The molecule has 164 valence electrons. The van der Waals surface area contributed by atoms with Gasteiger partial charge in [-0.15, -0.1) is 23.5 Å². The lowest BCUT2D eigenvalue weighted by Gasteiger charge is -2.39. The SMILES string of the molecule is CCN1CC2=C(NC(N)=C(C#N)[C@@H]2c2ccc(SC)cc2)/C(=C/c2ccc(SC)cc2)C1. The van der Waals surface area contributed by atoms with Crippen molar-refractivity contribution >= 4 is 29.6 Å². The summed E-state index contributed by atoms with van der Waals surface area (Å²) in [7, 11) is 0. The molecule has 6 heteroatoms. The van der Waals surface area contributed by atoms with Crippen LogP contribution in [0.2, 0.25) is 0 Å². The van der Waals surface area contributed by atoms with E-state index in [9.17, 15) is 5.26 Å². The molecule has 32 heavy (non-hydrogen) atoms. The molecule has 2 heterocycles. The van der Waals surface area contributed by atoms with Gasteiger partial charge in [0, 0.05) is 34.5 Å². The normalized spacial score (nSPS) is 20.2. The zero-order valence-electron chi connectivity index (χ0n) is 18.7. The molecular weight excluding hydrogens is 432 g/mol. The predicted molar refractivity (Wildman–Crippen MR) is 136 cm³/mol. The van der Waals surface area contributed by atoms with Crippen LogP contribution in [0.1, 0.15) is 24.0 Å². The minimum Gasteiger partial charge on any atom is -0.384 e. The van der Waals surface area contributed by atoms with Crippen molar-refractivity contribution < 1.29 is 0 Å². The van der Waals surface area contributed by atoms with E-state index in [2.05, 4.69) is 90.3 Å². The van der Waals surface area contributed by atoms with Crippen LogP contribution in [0.5, 0.6) is 0 Å². The maximum absolute atomic E-state index is 9.97. The van der Waals surface area contributed by atoms with E-state index in [4.69, 9.17) is 5.73 Å². The molecule has 0 fully saturated rings. The average molecular weight is 461 g/mol. The molecule has 2 aromatic carbocycles. The van der Waals surface area contributed by atoms with Gasteiger partial charge in [0.25, 0.3) is 0 Å². The van der Waals surface area contributed by atoms with Gasteiger partial charge in [-0.25, -0.2) is 0 Å². The first-order chi connectivity index (χ1) is 15.6. The molecule has 4 nitrogen and oxygen atoms in total. The fourth-order valence-electron chi connectivity index (χ4n) is 4.36. The van der Waals surface area contributed by atoms with Crippen molar-refractivity contribution in [1.82, 2.24) is 10.2 Å². The maximum atomic E-state index is 9.97. The number of benzene rings is 2. The third-order valence-corrected chi connectivity index (χ3v) is 7.58. The van der Waals surface area contributed by atoms with Crippen LogP contribution in [0.15, 0.2) is 86.6 Å². The number of likely N-dealkylation sites (N-methyl/N-ethyl adjacent to an activating group) is 1. The Morgan fingerprint density at radius 1 is 1.06 bits per heavy atom. The van der Waals surface area contributed by atoms with Gasteiger partial charge in [-0.1, -0.05) is 31.2 Å². The van der Waals surface area contributed by atoms with Crippen molar-refractivity contribution in [2.24, 2.45) is 5.73 Å². The Balaban J connectivity index is 1.82. The molecule has 3 N–H and O–H groups in total. The number of dihydropyridines is 1.